The van der Waals surface area contributed by atoms with Gasteiger partial charge in [0.05, 0.1) is 0 Å². The molecule has 3 fully saturated rings. The van der Waals surface area contributed by atoms with Crippen LogP contribution in [0.3, 0.4) is 0 Å². The molecule has 8 nitrogen and oxygen atoms in total. The van der Waals surface area contributed by atoms with Crippen molar-refractivity contribution in [2.24, 2.45) is 5.41 Å². The summed E-state index contributed by atoms with van der Waals surface area (Å²) in [5.74, 6) is -0.994. The van der Waals surface area contributed by atoms with Crippen molar-refractivity contribution in [3.05, 3.63) is 76.1 Å². The number of piperidine rings is 1. The van der Waals surface area contributed by atoms with E-state index in [0.717, 1.165) is 66.6 Å². The highest BCUT2D eigenvalue weighted by Gasteiger charge is 2.47. The van der Waals surface area contributed by atoms with Crippen molar-refractivity contribution >= 4 is 29.2 Å². The summed E-state index contributed by atoms with van der Waals surface area (Å²) >= 11 is 0. The second kappa shape index (κ2) is 10.4. The number of halogens is 1. The highest BCUT2D eigenvalue weighted by atomic mass is 19.1. The zero-order valence-corrected chi connectivity index (χ0v) is 24.7. The van der Waals surface area contributed by atoms with Gasteiger partial charge in [-0.25, -0.2) is 4.39 Å². The number of imide groups is 1. The van der Waals surface area contributed by atoms with Crippen molar-refractivity contribution in [1.82, 2.24) is 20.0 Å². The van der Waals surface area contributed by atoms with Crippen molar-refractivity contribution in [1.29, 1.82) is 0 Å². The normalized spacial score (nSPS) is 26.8. The Kier molecular flexibility index (Phi) is 6.76. The molecule has 2 aromatic carbocycles. The predicted octanol–water partition coefficient (Wildman–Crippen LogP) is 4.04. The third-order valence-corrected chi connectivity index (χ3v) is 10.1. The summed E-state index contributed by atoms with van der Waals surface area (Å²) in [5.41, 5.74) is 5.61. The van der Waals surface area contributed by atoms with Crippen molar-refractivity contribution in [2.75, 3.05) is 13.1 Å². The molecule has 4 amide bonds. The first-order valence-electron chi connectivity index (χ1n) is 15.4. The number of hydrogen-bond donors (Lipinski definition) is 1. The molecular weight excluding hydrogens is 547 g/mol. The van der Waals surface area contributed by atoms with Crippen molar-refractivity contribution in [3.8, 4) is 0 Å². The maximum Gasteiger partial charge on any atom is 0.255 e. The number of nitrogens with zero attached hydrogens (tertiary/aromatic N) is 3. The summed E-state index contributed by atoms with van der Waals surface area (Å²) in [4.78, 5) is 57.1. The molecule has 5 aliphatic rings. The average molecular weight is 585 g/mol. The molecule has 1 aliphatic carbocycles. The van der Waals surface area contributed by atoms with E-state index in [2.05, 4.69) is 35.0 Å². The van der Waals surface area contributed by atoms with E-state index in [0.29, 0.717) is 25.1 Å². The van der Waals surface area contributed by atoms with Crippen LogP contribution in [-0.4, -0.2) is 69.5 Å². The van der Waals surface area contributed by atoms with Gasteiger partial charge in [-0.15, -0.1) is 0 Å². The van der Waals surface area contributed by atoms with Gasteiger partial charge in [0.1, 0.15) is 11.9 Å². The zero-order valence-electron chi connectivity index (χ0n) is 24.7. The van der Waals surface area contributed by atoms with Gasteiger partial charge in [0.25, 0.3) is 5.91 Å². The molecule has 7 rings (SSSR count). The van der Waals surface area contributed by atoms with Crippen LogP contribution in [0.1, 0.15) is 79.4 Å². The molecular formula is C34H37FN4O4. The van der Waals surface area contributed by atoms with Gasteiger partial charge in [-0.2, -0.15) is 0 Å². The quantitative estimate of drug-likeness (QED) is 0.536. The minimum Gasteiger partial charge on any atom is -0.333 e. The fourth-order valence-corrected chi connectivity index (χ4v) is 7.78. The van der Waals surface area contributed by atoms with E-state index in [1.807, 2.05) is 12.1 Å². The van der Waals surface area contributed by atoms with Crippen LogP contribution in [0, 0.1) is 11.2 Å². The third-order valence-electron chi connectivity index (χ3n) is 10.1. The number of carbonyl (C=O) groups excluding carboxylic acids is 4. The van der Waals surface area contributed by atoms with Gasteiger partial charge in [0, 0.05) is 55.8 Å². The summed E-state index contributed by atoms with van der Waals surface area (Å²) < 4.78 is 13.7. The second-order valence-corrected chi connectivity index (χ2v) is 13.6. The Morgan fingerprint density at radius 2 is 1.81 bits per heavy atom. The summed E-state index contributed by atoms with van der Waals surface area (Å²) in [6.45, 7) is 7.06. The van der Waals surface area contributed by atoms with Crippen LogP contribution in [0.25, 0.3) is 5.57 Å². The first-order valence-corrected chi connectivity index (χ1v) is 15.4. The van der Waals surface area contributed by atoms with E-state index >= 15 is 0 Å². The predicted molar refractivity (Wildman–Crippen MR) is 158 cm³/mol. The summed E-state index contributed by atoms with van der Waals surface area (Å²) in [7, 11) is 0. The first-order chi connectivity index (χ1) is 20.6. The topological polar surface area (TPSA) is 90.0 Å². The number of nitrogens with one attached hydrogen (secondary N) is 1. The maximum atomic E-state index is 14.0. The lowest BCUT2D eigenvalue weighted by Crippen LogP contribution is -2.52. The van der Waals surface area contributed by atoms with Crippen LogP contribution in [0.2, 0.25) is 0 Å². The van der Waals surface area contributed by atoms with Gasteiger partial charge in [-0.3, -0.25) is 29.4 Å². The highest BCUT2D eigenvalue weighted by molar-refractivity contribution is 6.05. The van der Waals surface area contributed by atoms with E-state index in [-0.39, 0.29) is 47.5 Å². The molecule has 43 heavy (non-hydrogen) atoms. The second-order valence-electron chi connectivity index (χ2n) is 13.6. The Labute approximate surface area is 250 Å². The van der Waals surface area contributed by atoms with Crippen LogP contribution >= 0.6 is 0 Å². The molecule has 0 aromatic heterocycles. The average Bonchev–Trinajstić information content (AvgIpc) is 3.65. The fraction of sp³-hybridized carbons (Fsp3) is 0.471. The number of allylic oxidation sites excluding steroid dienone is 1. The number of carbonyl (C=O) groups is 4. The number of likely N-dealkylation sites (tertiary alicyclic amines) is 2. The standard InChI is InChI=1S/C34H37FN4O4/c1-34(2)12-11-27(28(15-34)21-4-6-23(35)7-5-21)33(43)38-19-24-14-25(38)18-37(24)16-20-3-8-26-22(13-20)17-39(32(26)42)29-9-10-30(40)36-31(29)41/h3-8,13,24-25,29H,9-12,14-19H2,1-2H3,(H,36,40,41)/t24-,25-,29?/m0/s1. The largest absolute Gasteiger partial charge is 0.333 e. The molecule has 2 bridgehead atoms. The van der Waals surface area contributed by atoms with E-state index in [1.54, 1.807) is 17.0 Å². The number of hydrogen-bond acceptors (Lipinski definition) is 5. The van der Waals surface area contributed by atoms with Crippen molar-refractivity contribution < 1.29 is 23.6 Å². The number of rotatable bonds is 5. The highest BCUT2D eigenvalue weighted by Crippen LogP contribution is 2.44. The van der Waals surface area contributed by atoms with Crippen molar-refractivity contribution in [2.45, 2.75) is 83.6 Å². The Bertz CT molecular complexity index is 1560. The Hall–Kier alpha value is -3.85. The Balaban J connectivity index is 1.03. The lowest BCUT2D eigenvalue weighted by molar-refractivity contribution is -0.137. The van der Waals surface area contributed by atoms with Crippen LogP contribution in [0.5, 0.6) is 0 Å². The lowest BCUT2D eigenvalue weighted by atomic mass is 9.72. The van der Waals surface area contributed by atoms with Gasteiger partial charge in [0.15, 0.2) is 0 Å². The molecule has 3 atom stereocenters. The monoisotopic (exact) mass is 584 g/mol. The number of piperazine rings is 1. The molecule has 224 valence electrons. The minimum atomic E-state index is -0.618. The van der Waals surface area contributed by atoms with Gasteiger partial charge in [0.2, 0.25) is 17.7 Å². The summed E-state index contributed by atoms with van der Waals surface area (Å²) in [5, 5.41) is 2.35. The van der Waals surface area contributed by atoms with E-state index < -0.39 is 11.9 Å². The SMILES string of the molecule is CC1(C)CCC(C(=O)N2C[C@@H]3C[C@H]2CN3Cc2ccc3c(c2)CN(C2CCC(=O)NC2=O)C3=O)=C(c2ccc(F)cc2)C1. The molecule has 1 unspecified atom stereocenters. The Morgan fingerprint density at radius 1 is 1.02 bits per heavy atom. The van der Waals surface area contributed by atoms with Crippen LogP contribution in [0.15, 0.2) is 48.0 Å². The van der Waals surface area contributed by atoms with Crippen LogP contribution < -0.4 is 5.32 Å². The van der Waals surface area contributed by atoms with Crippen LogP contribution in [0.4, 0.5) is 4.39 Å². The number of benzene rings is 2. The number of amides is 4. The van der Waals surface area contributed by atoms with Gasteiger partial charge < -0.3 is 9.80 Å². The zero-order chi connectivity index (χ0) is 30.0. The van der Waals surface area contributed by atoms with Gasteiger partial charge in [-0.1, -0.05) is 38.1 Å². The molecule has 4 aliphatic heterocycles. The van der Waals surface area contributed by atoms with Gasteiger partial charge >= 0.3 is 0 Å². The molecule has 3 saturated heterocycles. The third kappa shape index (κ3) is 5.07. The maximum absolute atomic E-state index is 14.0. The molecule has 4 heterocycles. The first kappa shape index (κ1) is 28.0. The molecule has 0 spiro atoms. The summed E-state index contributed by atoms with van der Waals surface area (Å²) in [6, 6.07) is 12.3. The van der Waals surface area contributed by atoms with E-state index in [9.17, 15) is 23.6 Å². The van der Waals surface area contributed by atoms with Crippen LogP contribution in [-0.2, 0) is 27.5 Å². The Morgan fingerprint density at radius 3 is 2.53 bits per heavy atom. The smallest absolute Gasteiger partial charge is 0.255 e. The molecule has 2 aromatic rings. The minimum absolute atomic E-state index is 0.0910. The summed E-state index contributed by atoms with van der Waals surface area (Å²) in [6.07, 6.45) is 4.03. The van der Waals surface area contributed by atoms with Gasteiger partial charge in [-0.05, 0) is 78.0 Å². The lowest BCUT2D eigenvalue weighted by Gasteiger charge is -2.38. The molecule has 0 radical (unpaired) electrons. The molecule has 9 heteroatoms. The van der Waals surface area contributed by atoms with E-state index in [4.69, 9.17) is 0 Å². The van der Waals surface area contributed by atoms with E-state index in [1.165, 1.54) is 12.1 Å². The molecule has 0 saturated carbocycles. The van der Waals surface area contributed by atoms with Crippen molar-refractivity contribution in [3.63, 3.8) is 0 Å². The molecule has 1 N–H and O–H groups in total. The number of fused-ring (bicyclic) bond motifs is 3. The fourth-order valence-electron chi connectivity index (χ4n) is 7.78.